The first-order valence-electron chi connectivity index (χ1n) is 6.45. The van der Waals surface area contributed by atoms with Gasteiger partial charge in [0.15, 0.2) is 0 Å². The minimum Gasteiger partial charge on any atom is -0.382 e. The molecule has 1 aromatic rings. The van der Waals surface area contributed by atoms with Crippen molar-refractivity contribution in [3.63, 3.8) is 0 Å². The van der Waals surface area contributed by atoms with Crippen LogP contribution in [0.2, 0.25) is 0 Å². The second-order valence-corrected chi connectivity index (χ2v) is 5.18. The molecule has 0 amide bonds. The average Bonchev–Trinajstić information content (AvgIpc) is 2.79. The number of aryl methyl sites for hydroxylation is 1. The maximum Gasteiger partial charge on any atom is 0.0798 e. The van der Waals surface area contributed by atoms with E-state index in [-0.39, 0.29) is 0 Å². The van der Waals surface area contributed by atoms with Crippen LogP contribution in [0.4, 0.5) is 0 Å². The quantitative estimate of drug-likeness (QED) is 0.665. The van der Waals surface area contributed by atoms with Gasteiger partial charge in [-0.3, -0.25) is 0 Å². The Balaban J connectivity index is 1.99. The highest BCUT2D eigenvalue weighted by molar-refractivity contribution is 7.09. The highest BCUT2D eigenvalue weighted by Gasteiger charge is 2.09. The van der Waals surface area contributed by atoms with E-state index in [4.69, 9.17) is 9.47 Å². The molecule has 0 aromatic carbocycles. The van der Waals surface area contributed by atoms with Crippen LogP contribution in [-0.2, 0) is 9.47 Å². The van der Waals surface area contributed by atoms with Gasteiger partial charge in [-0.05, 0) is 33.2 Å². The fraction of sp³-hybridized carbons (Fsp3) is 0.769. The van der Waals surface area contributed by atoms with Crippen LogP contribution >= 0.6 is 11.3 Å². The van der Waals surface area contributed by atoms with E-state index < -0.39 is 0 Å². The lowest BCUT2D eigenvalue weighted by Gasteiger charge is -2.12. The summed E-state index contributed by atoms with van der Waals surface area (Å²) in [4.78, 5) is 5.61. The Morgan fingerprint density at radius 3 is 2.83 bits per heavy atom. The van der Waals surface area contributed by atoms with Crippen LogP contribution in [0.15, 0.2) is 5.51 Å². The molecule has 1 N–H and O–H groups in total. The predicted octanol–water partition coefficient (Wildman–Crippen LogP) is 2.55. The van der Waals surface area contributed by atoms with Crippen LogP contribution < -0.4 is 5.32 Å². The van der Waals surface area contributed by atoms with Gasteiger partial charge in [0.25, 0.3) is 0 Å². The molecule has 4 nitrogen and oxygen atoms in total. The maximum atomic E-state index is 5.41. The predicted molar refractivity (Wildman–Crippen MR) is 75.2 cm³/mol. The van der Waals surface area contributed by atoms with E-state index >= 15 is 0 Å². The second kappa shape index (κ2) is 9.44. The van der Waals surface area contributed by atoms with Crippen molar-refractivity contribution in [3.8, 4) is 0 Å². The van der Waals surface area contributed by atoms with E-state index in [0.29, 0.717) is 19.3 Å². The molecule has 0 radical (unpaired) electrons. The molecule has 18 heavy (non-hydrogen) atoms. The summed E-state index contributed by atoms with van der Waals surface area (Å²) in [5, 5.41) is 3.52. The molecular weight excluding hydrogens is 248 g/mol. The third-order valence-corrected chi connectivity index (χ3v) is 3.89. The van der Waals surface area contributed by atoms with Crippen LogP contribution in [0.25, 0.3) is 0 Å². The number of rotatable bonds is 10. The van der Waals surface area contributed by atoms with Crippen molar-refractivity contribution in [3.05, 3.63) is 16.1 Å². The van der Waals surface area contributed by atoms with Gasteiger partial charge in [-0.15, -0.1) is 11.3 Å². The molecule has 1 heterocycles. The van der Waals surface area contributed by atoms with E-state index in [1.807, 2.05) is 5.51 Å². The Bertz CT molecular complexity index is 318. The number of unbranched alkanes of at least 4 members (excludes halogenated alkanes) is 1. The van der Waals surface area contributed by atoms with Gasteiger partial charge in [-0.1, -0.05) is 0 Å². The summed E-state index contributed by atoms with van der Waals surface area (Å²) < 4.78 is 10.3. The largest absolute Gasteiger partial charge is 0.382 e. The molecule has 0 bridgehead atoms. The Kier molecular flexibility index (Phi) is 8.17. The highest BCUT2D eigenvalue weighted by Crippen LogP contribution is 2.20. The first-order chi connectivity index (χ1) is 8.75. The summed E-state index contributed by atoms with van der Waals surface area (Å²) in [7, 11) is 1.69. The zero-order valence-corrected chi connectivity index (χ0v) is 12.4. The average molecular weight is 272 g/mol. The van der Waals surface area contributed by atoms with E-state index in [9.17, 15) is 0 Å². The number of nitrogens with zero attached hydrogens (tertiary/aromatic N) is 1. The van der Waals surface area contributed by atoms with E-state index in [2.05, 4.69) is 24.1 Å². The van der Waals surface area contributed by atoms with Crippen molar-refractivity contribution in [1.29, 1.82) is 0 Å². The number of methoxy groups -OCH3 is 1. The number of hydrogen-bond donors (Lipinski definition) is 1. The standard InChI is InChI=1S/C13H24N2O2S/c1-11(13-12(2)15-10-18-13)14-6-4-5-7-17-9-8-16-3/h10-11,14H,4-9H2,1-3H3. The topological polar surface area (TPSA) is 43.4 Å². The van der Waals surface area contributed by atoms with E-state index in [1.165, 1.54) is 4.88 Å². The third-order valence-electron chi connectivity index (χ3n) is 2.77. The van der Waals surface area contributed by atoms with Gasteiger partial charge in [0.2, 0.25) is 0 Å². The molecule has 0 aliphatic rings. The van der Waals surface area contributed by atoms with Crippen molar-refractivity contribution in [2.75, 3.05) is 33.5 Å². The van der Waals surface area contributed by atoms with E-state index in [1.54, 1.807) is 18.4 Å². The normalized spacial score (nSPS) is 12.8. The van der Waals surface area contributed by atoms with Crippen LogP contribution in [0.5, 0.6) is 0 Å². The molecule has 0 saturated carbocycles. The van der Waals surface area contributed by atoms with Crippen molar-refractivity contribution in [2.45, 2.75) is 32.7 Å². The Morgan fingerprint density at radius 1 is 1.33 bits per heavy atom. The Morgan fingerprint density at radius 2 is 2.17 bits per heavy atom. The number of thiazole rings is 1. The molecule has 1 atom stereocenters. The lowest BCUT2D eigenvalue weighted by atomic mass is 10.2. The molecule has 104 valence electrons. The highest BCUT2D eigenvalue weighted by atomic mass is 32.1. The molecule has 0 aliphatic heterocycles. The third kappa shape index (κ3) is 5.91. The Labute approximate surface area is 114 Å². The molecule has 0 fully saturated rings. The summed E-state index contributed by atoms with van der Waals surface area (Å²) in [6, 6.07) is 0.395. The molecule has 0 aliphatic carbocycles. The van der Waals surface area contributed by atoms with Gasteiger partial charge in [0.05, 0.1) is 24.4 Å². The van der Waals surface area contributed by atoms with Crippen LogP contribution in [0.1, 0.15) is 36.4 Å². The zero-order valence-electron chi connectivity index (χ0n) is 11.6. The first-order valence-corrected chi connectivity index (χ1v) is 7.33. The van der Waals surface area contributed by atoms with Crippen LogP contribution in [0.3, 0.4) is 0 Å². The second-order valence-electron chi connectivity index (χ2n) is 4.29. The van der Waals surface area contributed by atoms with Gasteiger partial charge >= 0.3 is 0 Å². The fourth-order valence-corrected chi connectivity index (χ4v) is 2.55. The number of hydrogen-bond acceptors (Lipinski definition) is 5. The fourth-order valence-electron chi connectivity index (χ4n) is 1.71. The molecule has 0 saturated heterocycles. The first kappa shape index (κ1) is 15.6. The SMILES string of the molecule is COCCOCCCCNC(C)c1scnc1C. The summed E-state index contributed by atoms with van der Waals surface area (Å²) >= 11 is 1.72. The van der Waals surface area contributed by atoms with Gasteiger partial charge < -0.3 is 14.8 Å². The minimum atomic E-state index is 0.395. The zero-order chi connectivity index (χ0) is 13.2. The lowest BCUT2D eigenvalue weighted by Crippen LogP contribution is -2.20. The Hall–Kier alpha value is -0.490. The number of nitrogens with one attached hydrogen (secondary N) is 1. The molecule has 0 spiro atoms. The van der Waals surface area contributed by atoms with Gasteiger partial charge in [-0.25, -0.2) is 4.98 Å². The number of ether oxygens (including phenoxy) is 2. The van der Waals surface area contributed by atoms with Crippen LogP contribution in [-0.4, -0.2) is 38.5 Å². The summed E-state index contributed by atoms with van der Waals surface area (Å²) in [6.45, 7) is 7.47. The smallest absolute Gasteiger partial charge is 0.0798 e. The number of aromatic nitrogens is 1. The summed E-state index contributed by atoms with van der Waals surface area (Å²) in [5.41, 5.74) is 3.05. The molecule has 5 heteroatoms. The monoisotopic (exact) mass is 272 g/mol. The molecular formula is C13H24N2O2S. The maximum absolute atomic E-state index is 5.41. The minimum absolute atomic E-state index is 0.395. The molecule has 1 rings (SSSR count). The van der Waals surface area contributed by atoms with Crippen molar-refractivity contribution in [2.24, 2.45) is 0 Å². The van der Waals surface area contributed by atoms with Gasteiger partial charge in [0.1, 0.15) is 0 Å². The molecule has 1 unspecified atom stereocenters. The van der Waals surface area contributed by atoms with Gasteiger partial charge in [-0.2, -0.15) is 0 Å². The van der Waals surface area contributed by atoms with Crippen molar-refractivity contribution in [1.82, 2.24) is 10.3 Å². The lowest BCUT2D eigenvalue weighted by molar-refractivity contribution is 0.0687. The van der Waals surface area contributed by atoms with Gasteiger partial charge in [0, 0.05) is 24.6 Å². The van der Waals surface area contributed by atoms with Crippen molar-refractivity contribution < 1.29 is 9.47 Å². The van der Waals surface area contributed by atoms with E-state index in [0.717, 1.165) is 31.7 Å². The summed E-state index contributed by atoms with van der Waals surface area (Å²) in [6.07, 6.45) is 2.22. The molecule has 1 aromatic heterocycles. The summed E-state index contributed by atoms with van der Waals surface area (Å²) in [5.74, 6) is 0. The van der Waals surface area contributed by atoms with Crippen LogP contribution in [0, 0.1) is 6.92 Å². The van der Waals surface area contributed by atoms with Crippen molar-refractivity contribution >= 4 is 11.3 Å².